The lowest BCUT2D eigenvalue weighted by atomic mass is 10.0. The third-order valence-electron chi connectivity index (χ3n) is 3.48. The minimum atomic E-state index is -0.788. The molecule has 0 spiro atoms. The number of carboxylic acids is 1. The van der Waals surface area contributed by atoms with Gasteiger partial charge in [0.2, 0.25) is 0 Å². The summed E-state index contributed by atoms with van der Waals surface area (Å²) in [5.74, 6) is -0.788. The number of rotatable bonds is 5. The zero-order valence-electron chi connectivity index (χ0n) is 11.1. The fourth-order valence-electron chi connectivity index (χ4n) is 2.54. The maximum absolute atomic E-state index is 11.4. The molecule has 1 fully saturated rings. The van der Waals surface area contributed by atoms with E-state index in [1.807, 2.05) is 35.2 Å². The van der Waals surface area contributed by atoms with E-state index in [0.29, 0.717) is 19.7 Å². The first-order chi connectivity index (χ1) is 9.24. The van der Waals surface area contributed by atoms with E-state index in [0.717, 1.165) is 12.1 Å². The van der Waals surface area contributed by atoms with Crippen LogP contribution in [0, 0.1) is 0 Å². The van der Waals surface area contributed by atoms with Crippen molar-refractivity contribution in [3.8, 4) is 0 Å². The van der Waals surface area contributed by atoms with Crippen LogP contribution in [0.5, 0.6) is 0 Å². The van der Waals surface area contributed by atoms with Crippen molar-refractivity contribution in [2.24, 2.45) is 0 Å². The molecule has 0 amide bonds. The average Bonchev–Trinajstić information content (AvgIpc) is 2.45. The Balaban J connectivity index is 2.24. The van der Waals surface area contributed by atoms with Gasteiger partial charge in [-0.2, -0.15) is 0 Å². The van der Waals surface area contributed by atoms with Crippen molar-refractivity contribution in [1.29, 1.82) is 0 Å². The van der Waals surface area contributed by atoms with E-state index < -0.39 is 12.0 Å². The molecule has 1 aliphatic heterocycles. The molecule has 1 aromatic carbocycles. The van der Waals surface area contributed by atoms with Gasteiger partial charge in [-0.25, -0.2) is 0 Å². The molecular weight excluding hydrogens is 244 g/mol. The second kappa shape index (κ2) is 6.65. The summed E-state index contributed by atoms with van der Waals surface area (Å²) in [6.07, 6.45) is 0. The molecule has 19 heavy (non-hydrogen) atoms. The normalized spacial score (nSPS) is 22.1. The largest absolute Gasteiger partial charge is 0.480 e. The van der Waals surface area contributed by atoms with Crippen molar-refractivity contribution in [3.63, 3.8) is 0 Å². The van der Waals surface area contributed by atoms with Gasteiger partial charge in [-0.05, 0) is 5.56 Å². The summed E-state index contributed by atoms with van der Waals surface area (Å²) in [5, 5.41) is 12.5. The van der Waals surface area contributed by atoms with Gasteiger partial charge in [-0.15, -0.1) is 0 Å². The minimum Gasteiger partial charge on any atom is -0.480 e. The molecule has 2 rings (SSSR count). The highest BCUT2D eigenvalue weighted by Gasteiger charge is 2.34. The molecule has 2 unspecified atom stereocenters. The van der Waals surface area contributed by atoms with Crippen LogP contribution in [0.4, 0.5) is 0 Å². The summed E-state index contributed by atoms with van der Waals surface area (Å²) < 4.78 is 5.28. The number of ether oxygens (including phenoxy) is 1. The fourth-order valence-corrected chi connectivity index (χ4v) is 2.54. The van der Waals surface area contributed by atoms with E-state index in [1.165, 1.54) is 0 Å². The van der Waals surface area contributed by atoms with Crippen LogP contribution in [0.2, 0.25) is 0 Å². The number of aliphatic carboxylic acids is 1. The number of piperazine rings is 1. The molecule has 5 nitrogen and oxygen atoms in total. The molecule has 2 N–H and O–H groups in total. The van der Waals surface area contributed by atoms with Gasteiger partial charge in [-0.3, -0.25) is 9.69 Å². The number of carbonyl (C=O) groups is 1. The predicted octanol–water partition coefficient (Wildman–Crippen LogP) is 0.732. The van der Waals surface area contributed by atoms with Gasteiger partial charge in [0.15, 0.2) is 0 Å². The van der Waals surface area contributed by atoms with Crippen molar-refractivity contribution < 1.29 is 14.6 Å². The summed E-state index contributed by atoms with van der Waals surface area (Å²) in [5.41, 5.74) is 1.09. The molecule has 0 saturated carbocycles. The molecule has 0 radical (unpaired) electrons. The Morgan fingerprint density at radius 1 is 1.53 bits per heavy atom. The zero-order chi connectivity index (χ0) is 13.7. The topological polar surface area (TPSA) is 61.8 Å². The fraction of sp³-hybridized carbons (Fsp3) is 0.500. The molecule has 1 saturated heterocycles. The zero-order valence-corrected chi connectivity index (χ0v) is 11.1. The summed E-state index contributed by atoms with van der Waals surface area (Å²) in [6.45, 7) is 2.48. The Morgan fingerprint density at radius 3 is 2.89 bits per heavy atom. The van der Waals surface area contributed by atoms with Crippen molar-refractivity contribution in [3.05, 3.63) is 35.9 Å². The Kier molecular flexibility index (Phi) is 4.90. The Labute approximate surface area is 113 Å². The SMILES string of the molecule is COCC(c1ccccc1)N1CCNCC1C(=O)O. The highest BCUT2D eigenvalue weighted by atomic mass is 16.5. The summed E-state index contributed by atoms with van der Waals surface area (Å²) >= 11 is 0. The van der Waals surface area contributed by atoms with Crippen LogP contribution < -0.4 is 5.32 Å². The van der Waals surface area contributed by atoms with E-state index in [2.05, 4.69) is 5.32 Å². The van der Waals surface area contributed by atoms with Gasteiger partial charge in [0.25, 0.3) is 0 Å². The molecule has 0 bridgehead atoms. The van der Waals surface area contributed by atoms with Gasteiger partial charge in [0, 0.05) is 26.7 Å². The highest BCUT2D eigenvalue weighted by Crippen LogP contribution is 2.24. The first-order valence-corrected chi connectivity index (χ1v) is 6.47. The molecule has 1 aliphatic rings. The van der Waals surface area contributed by atoms with Crippen LogP contribution in [-0.2, 0) is 9.53 Å². The summed E-state index contributed by atoms with van der Waals surface area (Å²) in [6, 6.07) is 9.41. The Hall–Kier alpha value is -1.43. The molecule has 0 aliphatic carbocycles. The molecule has 1 aromatic rings. The van der Waals surface area contributed by atoms with E-state index >= 15 is 0 Å². The van der Waals surface area contributed by atoms with Crippen molar-refractivity contribution in [2.75, 3.05) is 33.4 Å². The van der Waals surface area contributed by atoms with Crippen LogP contribution >= 0.6 is 0 Å². The number of nitrogens with zero attached hydrogens (tertiary/aromatic N) is 1. The Morgan fingerprint density at radius 2 is 2.26 bits per heavy atom. The first-order valence-electron chi connectivity index (χ1n) is 6.47. The lowest BCUT2D eigenvalue weighted by Crippen LogP contribution is -2.56. The maximum atomic E-state index is 11.4. The van der Waals surface area contributed by atoms with Crippen molar-refractivity contribution in [2.45, 2.75) is 12.1 Å². The number of benzene rings is 1. The standard InChI is InChI=1S/C14H20N2O3/c1-19-10-13(11-5-3-2-4-6-11)16-8-7-15-9-12(16)14(17)18/h2-6,12-13,15H,7-10H2,1H3,(H,17,18). The van der Waals surface area contributed by atoms with Crippen LogP contribution in [0.1, 0.15) is 11.6 Å². The monoisotopic (exact) mass is 264 g/mol. The van der Waals surface area contributed by atoms with Gasteiger partial charge in [0.1, 0.15) is 6.04 Å². The molecule has 0 aromatic heterocycles. The number of nitrogens with one attached hydrogen (secondary N) is 1. The maximum Gasteiger partial charge on any atom is 0.322 e. The van der Waals surface area contributed by atoms with E-state index in [4.69, 9.17) is 4.74 Å². The second-order valence-corrected chi connectivity index (χ2v) is 4.68. The average molecular weight is 264 g/mol. The summed E-state index contributed by atoms with van der Waals surface area (Å²) in [4.78, 5) is 13.4. The summed E-state index contributed by atoms with van der Waals surface area (Å²) in [7, 11) is 1.65. The van der Waals surface area contributed by atoms with Gasteiger partial charge >= 0.3 is 5.97 Å². The number of hydrogen-bond acceptors (Lipinski definition) is 4. The quantitative estimate of drug-likeness (QED) is 0.821. The molecular formula is C14H20N2O3. The third kappa shape index (κ3) is 3.32. The van der Waals surface area contributed by atoms with Crippen LogP contribution in [0.15, 0.2) is 30.3 Å². The number of carboxylic acid groups (broad SMARTS) is 1. The third-order valence-corrected chi connectivity index (χ3v) is 3.48. The van der Waals surface area contributed by atoms with Crippen LogP contribution in [0.25, 0.3) is 0 Å². The minimum absolute atomic E-state index is 0.0191. The van der Waals surface area contributed by atoms with E-state index in [9.17, 15) is 9.90 Å². The molecule has 104 valence electrons. The van der Waals surface area contributed by atoms with E-state index in [-0.39, 0.29) is 6.04 Å². The Bertz CT molecular complexity index is 410. The lowest BCUT2D eigenvalue weighted by Gasteiger charge is -2.39. The molecule has 2 atom stereocenters. The van der Waals surface area contributed by atoms with Gasteiger partial charge in [-0.1, -0.05) is 30.3 Å². The van der Waals surface area contributed by atoms with Gasteiger partial charge < -0.3 is 15.2 Å². The van der Waals surface area contributed by atoms with E-state index in [1.54, 1.807) is 7.11 Å². The van der Waals surface area contributed by atoms with Crippen molar-refractivity contribution in [1.82, 2.24) is 10.2 Å². The number of hydrogen-bond donors (Lipinski definition) is 2. The smallest absolute Gasteiger partial charge is 0.322 e. The van der Waals surface area contributed by atoms with Crippen molar-refractivity contribution >= 4 is 5.97 Å². The predicted molar refractivity (Wildman–Crippen MR) is 72.1 cm³/mol. The molecule has 1 heterocycles. The van der Waals surface area contributed by atoms with Gasteiger partial charge in [0.05, 0.1) is 12.6 Å². The first kappa shape index (κ1) is 14.0. The molecule has 5 heteroatoms. The lowest BCUT2D eigenvalue weighted by molar-refractivity contribution is -0.145. The highest BCUT2D eigenvalue weighted by molar-refractivity contribution is 5.74. The van der Waals surface area contributed by atoms with Crippen LogP contribution in [-0.4, -0.2) is 55.4 Å². The van der Waals surface area contributed by atoms with Crippen LogP contribution in [0.3, 0.4) is 0 Å². The second-order valence-electron chi connectivity index (χ2n) is 4.68. The number of methoxy groups -OCH3 is 1.